The standard InChI is InChI=1S/C11H12F3N3O/c12-11(13,14)9-2-1-8(7-16-9)10(18)17-5-3-15-4-6-17/h1-2,7,15H,3-6H2. The van der Waals surface area contributed by atoms with E-state index in [1.807, 2.05) is 0 Å². The van der Waals surface area contributed by atoms with Gasteiger partial charge in [0.25, 0.3) is 5.91 Å². The number of pyridine rings is 1. The predicted octanol–water partition coefficient (Wildman–Crippen LogP) is 1.15. The number of carbonyl (C=O) groups is 1. The van der Waals surface area contributed by atoms with E-state index >= 15 is 0 Å². The fourth-order valence-corrected chi connectivity index (χ4v) is 1.74. The molecule has 0 spiro atoms. The lowest BCUT2D eigenvalue weighted by molar-refractivity contribution is -0.141. The van der Waals surface area contributed by atoms with E-state index in [0.717, 1.165) is 12.3 Å². The molecule has 1 aromatic rings. The van der Waals surface area contributed by atoms with E-state index in [0.29, 0.717) is 26.2 Å². The average molecular weight is 259 g/mol. The summed E-state index contributed by atoms with van der Waals surface area (Å²) in [5.74, 6) is -0.280. The minimum atomic E-state index is -4.48. The highest BCUT2D eigenvalue weighted by molar-refractivity contribution is 5.94. The molecule has 98 valence electrons. The van der Waals surface area contributed by atoms with Gasteiger partial charge in [-0.2, -0.15) is 13.2 Å². The molecular formula is C11H12F3N3O. The summed E-state index contributed by atoms with van der Waals surface area (Å²) >= 11 is 0. The first kappa shape index (κ1) is 12.8. The van der Waals surface area contributed by atoms with E-state index in [9.17, 15) is 18.0 Å². The molecular weight excluding hydrogens is 247 g/mol. The quantitative estimate of drug-likeness (QED) is 0.822. The molecule has 0 radical (unpaired) electrons. The number of rotatable bonds is 1. The normalized spacial score (nSPS) is 16.7. The predicted molar refractivity (Wildman–Crippen MR) is 58.0 cm³/mol. The van der Waals surface area contributed by atoms with Crippen LogP contribution < -0.4 is 5.32 Å². The van der Waals surface area contributed by atoms with Gasteiger partial charge in [0, 0.05) is 32.4 Å². The number of aromatic nitrogens is 1. The molecule has 1 N–H and O–H groups in total. The van der Waals surface area contributed by atoms with Gasteiger partial charge >= 0.3 is 6.18 Å². The number of alkyl halides is 3. The van der Waals surface area contributed by atoms with Crippen molar-refractivity contribution in [3.63, 3.8) is 0 Å². The largest absolute Gasteiger partial charge is 0.433 e. The topological polar surface area (TPSA) is 45.2 Å². The third-order valence-corrected chi connectivity index (χ3v) is 2.71. The van der Waals surface area contributed by atoms with Crippen molar-refractivity contribution in [2.24, 2.45) is 0 Å². The first-order valence-electron chi connectivity index (χ1n) is 5.52. The van der Waals surface area contributed by atoms with Gasteiger partial charge in [-0.05, 0) is 12.1 Å². The SMILES string of the molecule is O=C(c1ccc(C(F)(F)F)nc1)N1CCNCC1. The minimum absolute atomic E-state index is 0.185. The van der Waals surface area contributed by atoms with E-state index in [1.165, 1.54) is 6.07 Å². The summed E-state index contributed by atoms with van der Waals surface area (Å²) in [6.45, 7) is 2.50. The van der Waals surface area contributed by atoms with Crippen LogP contribution in [0.15, 0.2) is 18.3 Å². The fourth-order valence-electron chi connectivity index (χ4n) is 1.74. The second-order valence-electron chi connectivity index (χ2n) is 3.97. The lowest BCUT2D eigenvalue weighted by Gasteiger charge is -2.27. The molecule has 1 fully saturated rings. The van der Waals surface area contributed by atoms with Crippen LogP contribution in [0.4, 0.5) is 13.2 Å². The molecule has 0 atom stereocenters. The molecule has 7 heteroatoms. The number of carbonyl (C=O) groups excluding carboxylic acids is 1. The third-order valence-electron chi connectivity index (χ3n) is 2.71. The maximum absolute atomic E-state index is 12.3. The zero-order valence-corrected chi connectivity index (χ0v) is 9.50. The molecule has 0 aromatic carbocycles. The molecule has 1 aliphatic rings. The van der Waals surface area contributed by atoms with Gasteiger partial charge in [0.15, 0.2) is 0 Å². The highest BCUT2D eigenvalue weighted by Gasteiger charge is 2.32. The van der Waals surface area contributed by atoms with Crippen molar-refractivity contribution in [3.8, 4) is 0 Å². The van der Waals surface area contributed by atoms with Gasteiger partial charge in [-0.25, -0.2) is 0 Å². The van der Waals surface area contributed by atoms with Crippen molar-refractivity contribution in [1.82, 2.24) is 15.2 Å². The zero-order chi connectivity index (χ0) is 13.2. The number of amides is 1. The van der Waals surface area contributed by atoms with E-state index in [-0.39, 0.29) is 11.5 Å². The van der Waals surface area contributed by atoms with Gasteiger partial charge in [0.1, 0.15) is 5.69 Å². The fraction of sp³-hybridized carbons (Fsp3) is 0.455. The molecule has 1 saturated heterocycles. The summed E-state index contributed by atoms with van der Waals surface area (Å²) < 4.78 is 36.9. The van der Waals surface area contributed by atoms with Gasteiger partial charge in [0.05, 0.1) is 5.56 Å². The minimum Gasteiger partial charge on any atom is -0.336 e. The summed E-state index contributed by atoms with van der Waals surface area (Å²) in [5, 5.41) is 3.09. The molecule has 18 heavy (non-hydrogen) atoms. The zero-order valence-electron chi connectivity index (χ0n) is 9.50. The molecule has 0 aliphatic carbocycles. The molecule has 2 heterocycles. The number of nitrogens with zero attached hydrogens (tertiary/aromatic N) is 2. The van der Waals surface area contributed by atoms with Crippen LogP contribution in [0.5, 0.6) is 0 Å². The van der Waals surface area contributed by atoms with Crippen LogP contribution in [-0.4, -0.2) is 42.0 Å². The smallest absolute Gasteiger partial charge is 0.336 e. The van der Waals surface area contributed by atoms with Crippen LogP contribution >= 0.6 is 0 Å². The van der Waals surface area contributed by atoms with E-state index in [1.54, 1.807) is 4.90 Å². The van der Waals surface area contributed by atoms with Gasteiger partial charge in [-0.15, -0.1) is 0 Å². The van der Waals surface area contributed by atoms with Crippen molar-refractivity contribution in [1.29, 1.82) is 0 Å². The maximum atomic E-state index is 12.3. The summed E-state index contributed by atoms with van der Waals surface area (Å²) in [5.41, 5.74) is -0.802. The summed E-state index contributed by atoms with van der Waals surface area (Å²) in [6, 6.07) is 2.00. The Balaban J connectivity index is 2.11. The van der Waals surface area contributed by atoms with E-state index in [4.69, 9.17) is 0 Å². The number of hydrogen-bond acceptors (Lipinski definition) is 3. The van der Waals surface area contributed by atoms with Crippen molar-refractivity contribution in [2.45, 2.75) is 6.18 Å². The Bertz CT molecular complexity index is 424. The molecule has 4 nitrogen and oxygen atoms in total. The van der Waals surface area contributed by atoms with Gasteiger partial charge in [-0.3, -0.25) is 9.78 Å². The number of nitrogens with one attached hydrogen (secondary N) is 1. The average Bonchev–Trinajstić information content (AvgIpc) is 2.38. The number of hydrogen-bond donors (Lipinski definition) is 1. The molecule has 2 rings (SSSR count). The van der Waals surface area contributed by atoms with Crippen molar-refractivity contribution >= 4 is 5.91 Å². The van der Waals surface area contributed by atoms with Crippen LogP contribution in [0.1, 0.15) is 16.1 Å². The summed E-state index contributed by atoms with van der Waals surface area (Å²) in [4.78, 5) is 16.8. The van der Waals surface area contributed by atoms with Crippen LogP contribution in [0.3, 0.4) is 0 Å². The van der Waals surface area contributed by atoms with Crippen molar-refractivity contribution in [3.05, 3.63) is 29.6 Å². The molecule has 1 aliphatic heterocycles. The lowest BCUT2D eigenvalue weighted by Crippen LogP contribution is -2.46. The Morgan fingerprint density at radius 2 is 1.94 bits per heavy atom. The Hall–Kier alpha value is -1.63. The number of halogens is 3. The molecule has 1 amide bonds. The second-order valence-corrected chi connectivity index (χ2v) is 3.97. The summed E-state index contributed by atoms with van der Waals surface area (Å²) in [7, 11) is 0. The first-order chi connectivity index (χ1) is 8.48. The Labute approximate surface area is 102 Å². The molecule has 1 aromatic heterocycles. The molecule has 0 saturated carbocycles. The summed E-state index contributed by atoms with van der Waals surface area (Å²) in [6.07, 6.45) is -3.50. The van der Waals surface area contributed by atoms with Crippen LogP contribution in [0.25, 0.3) is 0 Å². The third kappa shape index (κ3) is 2.79. The highest BCUT2D eigenvalue weighted by Crippen LogP contribution is 2.27. The van der Waals surface area contributed by atoms with Crippen molar-refractivity contribution in [2.75, 3.05) is 26.2 Å². The maximum Gasteiger partial charge on any atom is 0.433 e. The molecule has 0 bridgehead atoms. The number of piperazine rings is 1. The van der Waals surface area contributed by atoms with Crippen LogP contribution in [0, 0.1) is 0 Å². The van der Waals surface area contributed by atoms with E-state index in [2.05, 4.69) is 10.3 Å². The van der Waals surface area contributed by atoms with Gasteiger partial charge < -0.3 is 10.2 Å². The highest BCUT2D eigenvalue weighted by atomic mass is 19.4. The molecule has 0 unspecified atom stereocenters. The lowest BCUT2D eigenvalue weighted by atomic mass is 10.2. The van der Waals surface area contributed by atoms with Crippen molar-refractivity contribution < 1.29 is 18.0 Å². The van der Waals surface area contributed by atoms with Crippen LogP contribution in [-0.2, 0) is 6.18 Å². The Morgan fingerprint density at radius 3 is 2.44 bits per heavy atom. The Morgan fingerprint density at radius 1 is 1.28 bits per heavy atom. The second kappa shape index (κ2) is 4.93. The Kier molecular flexibility index (Phi) is 3.51. The van der Waals surface area contributed by atoms with Gasteiger partial charge in [0.2, 0.25) is 0 Å². The first-order valence-corrected chi connectivity index (χ1v) is 5.52. The van der Waals surface area contributed by atoms with Gasteiger partial charge in [-0.1, -0.05) is 0 Å². The van der Waals surface area contributed by atoms with Crippen LogP contribution in [0.2, 0.25) is 0 Å². The monoisotopic (exact) mass is 259 g/mol. The van der Waals surface area contributed by atoms with E-state index < -0.39 is 11.9 Å².